The molecule has 2 heterocycles. The molecular formula is C52H95NO13. The summed E-state index contributed by atoms with van der Waals surface area (Å²) in [4.78, 5) is 13.1. The van der Waals surface area contributed by atoms with Crippen molar-refractivity contribution in [2.75, 3.05) is 19.8 Å². The van der Waals surface area contributed by atoms with Crippen molar-refractivity contribution in [3.63, 3.8) is 0 Å². The largest absolute Gasteiger partial charge is 0.394 e. The van der Waals surface area contributed by atoms with Crippen LogP contribution in [-0.4, -0.2) is 140 Å². The van der Waals surface area contributed by atoms with E-state index in [0.29, 0.717) is 12.8 Å². The number of nitrogens with one attached hydrogen (secondary N) is 1. The summed E-state index contributed by atoms with van der Waals surface area (Å²) < 4.78 is 22.6. The number of hydrogen-bond acceptors (Lipinski definition) is 13. The molecule has 0 aromatic heterocycles. The molecule has 9 N–H and O–H groups in total. The molecule has 0 saturated carbocycles. The Kier molecular flexibility index (Phi) is 35.6. The molecule has 2 aliphatic heterocycles. The first-order valence-corrected chi connectivity index (χ1v) is 26.2. The molecule has 386 valence electrons. The van der Waals surface area contributed by atoms with Gasteiger partial charge in [-0.05, 0) is 44.9 Å². The van der Waals surface area contributed by atoms with Crippen LogP contribution in [0.25, 0.3) is 0 Å². The third-order valence-electron chi connectivity index (χ3n) is 12.8. The van der Waals surface area contributed by atoms with Crippen molar-refractivity contribution in [1.29, 1.82) is 0 Å². The molecule has 12 unspecified atom stereocenters. The lowest BCUT2D eigenvalue weighted by atomic mass is 9.97. The summed E-state index contributed by atoms with van der Waals surface area (Å²) in [6.07, 6.45) is 27.7. The van der Waals surface area contributed by atoms with Crippen LogP contribution in [0.2, 0.25) is 0 Å². The molecule has 1 amide bonds. The molecule has 0 bridgehead atoms. The average Bonchev–Trinajstić information content (AvgIpc) is 3.31. The summed E-state index contributed by atoms with van der Waals surface area (Å²) in [5, 5.41) is 86.6. The number of rotatable bonds is 40. The SMILES string of the molecule is CCCCCCCCCCCCCC/C=C/CC/C=C/CC/C=C/C(O)C(COC1OC(CO)C(OC2OC(CO)C(O)C(O)C2O)C(O)C1O)NC(=O)CCCCCCCCCCCC. The Morgan fingerprint density at radius 2 is 0.970 bits per heavy atom. The molecule has 66 heavy (non-hydrogen) atoms. The highest BCUT2D eigenvalue weighted by Gasteiger charge is 2.51. The molecule has 2 fully saturated rings. The average molecular weight is 942 g/mol. The molecule has 2 saturated heterocycles. The highest BCUT2D eigenvalue weighted by Crippen LogP contribution is 2.30. The highest BCUT2D eigenvalue weighted by molar-refractivity contribution is 5.76. The Balaban J connectivity index is 1.83. The Bertz CT molecular complexity index is 1250. The van der Waals surface area contributed by atoms with Crippen LogP contribution in [0, 0.1) is 0 Å². The van der Waals surface area contributed by atoms with Gasteiger partial charge in [0.1, 0.15) is 48.8 Å². The topological polar surface area (TPSA) is 228 Å². The van der Waals surface area contributed by atoms with E-state index in [-0.39, 0.29) is 18.9 Å². The van der Waals surface area contributed by atoms with E-state index in [1.165, 1.54) is 116 Å². The minimum Gasteiger partial charge on any atom is -0.394 e. The minimum absolute atomic E-state index is 0.256. The summed E-state index contributed by atoms with van der Waals surface area (Å²) in [5.74, 6) is -0.256. The van der Waals surface area contributed by atoms with Crippen LogP contribution in [0.3, 0.4) is 0 Å². The molecule has 2 rings (SSSR count). The number of carbonyl (C=O) groups is 1. The fraction of sp³-hybridized carbons (Fsp3) is 0.865. The van der Waals surface area contributed by atoms with Gasteiger partial charge >= 0.3 is 0 Å². The summed E-state index contributed by atoms with van der Waals surface area (Å²) in [5.41, 5.74) is 0. The van der Waals surface area contributed by atoms with Crippen molar-refractivity contribution < 1.29 is 64.6 Å². The molecule has 0 aromatic rings. The van der Waals surface area contributed by atoms with Gasteiger partial charge in [-0.25, -0.2) is 0 Å². The predicted octanol–water partition coefficient (Wildman–Crippen LogP) is 7.10. The van der Waals surface area contributed by atoms with E-state index in [2.05, 4.69) is 43.5 Å². The number of hydrogen-bond donors (Lipinski definition) is 9. The van der Waals surface area contributed by atoms with Crippen LogP contribution in [0.5, 0.6) is 0 Å². The van der Waals surface area contributed by atoms with Crippen LogP contribution in [0.15, 0.2) is 36.5 Å². The number of carbonyl (C=O) groups excluding carboxylic acids is 1. The lowest BCUT2D eigenvalue weighted by molar-refractivity contribution is -0.359. The zero-order valence-electron chi connectivity index (χ0n) is 40.9. The molecule has 0 aliphatic carbocycles. The third kappa shape index (κ3) is 25.7. The number of aliphatic hydroxyl groups is 8. The highest BCUT2D eigenvalue weighted by atomic mass is 16.7. The fourth-order valence-electron chi connectivity index (χ4n) is 8.50. The summed E-state index contributed by atoms with van der Waals surface area (Å²) in [6.45, 7) is 2.74. The van der Waals surface area contributed by atoms with Crippen molar-refractivity contribution in [3.8, 4) is 0 Å². The van der Waals surface area contributed by atoms with E-state index in [9.17, 15) is 45.6 Å². The minimum atomic E-state index is -1.79. The maximum absolute atomic E-state index is 13.1. The predicted molar refractivity (Wildman–Crippen MR) is 258 cm³/mol. The first-order chi connectivity index (χ1) is 32.1. The molecule has 2 aliphatic rings. The van der Waals surface area contributed by atoms with Crippen LogP contribution in [0.4, 0.5) is 0 Å². The number of aliphatic hydroxyl groups excluding tert-OH is 8. The zero-order chi connectivity index (χ0) is 48.2. The Labute approximate surface area is 398 Å². The van der Waals surface area contributed by atoms with Crippen LogP contribution in [0.1, 0.15) is 194 Å². The number of unbranched alkanes of at least 4 members (excludes halogenated alkanes) is 23. The Morgan fingerprint density at radius 3 is 1.48 bits per heavy atom. The van der Waals surface area contributed by atoms with Gasteiger partial charge in [0, 0.05) is 6.42 Å². The van der Waals surface area contributed by atoms with E-state index in [1.54, 1.807) is 6.08 Å². The van der Waals surface area contributed by atoms with Crippen molar-refractivity contribution in [2.24, 2.45) is 0 Å². The van der Waals surface area contributed by atoms with Gasteiger partial charge < -0.3 is 65.1 Å². The molecular weight excluding hydrogens is 847 g/mol. The number of allylic oxidation sites excluding steroid dienone is 5. The van der Waals surface area contributed by atoms with E-state index in [1.807, 2.05) is 6.08 Å². The van der Waals surface area contributed by atoms with E-state index in [4.69, 9.17) is 18.9 Å². The third-order valence-corrected chi connectivity index (χ3v) is 12.8. The lowest BCUT2D eigenvalue weighted by Gasteiger charge is -2.46. The second-order valence-corrected chi connectivity index (χ2v) is 18.6. The lowest BCUT2D eigenvalue weighted by Crippen LogP contribution is -2.65. The van der Waals surface area contributed by atoms with Crippen molar-refractivity contribution in [1.82, 2.24) is 5.32 Å². The van der Waals surface area contributed by atoms with Gasteiger partial charge in [0.2, 0.25) is 5.91 Å². The summed E-state index contributed by atoms with van der Waals surface area (Å²) >= 11 is 0. The van der Waals surface area contributed by atoms with Gasteiger partial charge in [-0.3, -0.25) is 4.79 Å². The molecule has 12 atom stereocenters. The normalized spacial score (nSPS) is 27.1. The van der Waals surface area contributed by atoms with Crippen molar-refractivity contribution >= 4 is 5.91 Å². The Morgan fingerprint density at radius 1 is 0.530 bits per heavy atom. The maximum atomic E-state index is 13.1. The number of amides is 1. The van der Waals surface area contributed by atoms with Crippen LogP contribution in [-0.2, 0) is 23.7 Å². The smallest absolute Gasteiger partial charge is 0.220 e. The monoisotopic (exact) mass is 942 g/mol. The van der Waals surface area contributed by atoms with Gasteiger partial charge in [0.25, 0.3) is 0 Å². The van der Waals surface area contributed by atoms with Gasteiger partial charge in [0.05, 0.1) is 32.0 Å². The standard InChI is InChI=1S/C52H95NO13/c1-3-5-7-9-11-13-15-16-17-18-19-20-21-22-23-24-25-26-27-29-31-33-35-41(56)40(53-44(57)36-34-32-30-28-14-12-10-8-6-4-2)39-63-51-49(62)47(60)50(43(38-55)65-51)66-52-48(61)46(59)45(58)42(37-54)64-52/h22-23,26-27,33,35,40-43,45-52,54-56,58-62H,3-21,24-25,28-32,34,36-39H2,1-2H3,(H,53,57)/b23-22+,27-26+,35-33+. The van der Waals surface area contributed by atoms with Gasteiger partial charge in [0.15, 0.2) is 12.6 Å². The van der Waals surface area contributed by atoms with Crippen molar-refractivity contribution in [3.05, 3.63) is 36.5 Å². The molecule has 14 heteroatoms. The van der Waals surface area contributed by atoms with Gasteiger partial charge in [-0.1, -0.05) is 179 Å². The Hall–Kier alpha value is -1.79. The van der Waals surface area contributed by atoms with E-state index >= 15 is 0 Å². The van der Waals surface area contributed by atoms with E-state index in [0.717, 1.165) is 44.9 Å². The molecule has 0 spiro atoms. The van der Waals surface area contributed by atoms with Crippen molar-refractivity contribution in [2.45, 2.75) is 267 Å². The van der Waals surface area contributed by atoms with Crippen LogP contribution >= 0.6 is 0 Å². The first-order valence-electron chi connectivity index (χ1n) is 26.2. The summed E-state index contributed by atoms with van der Waals surface area (Å²) in [6, 6.07) is -0.933. The second kappa shape index (κ2) is 39.0. The molecule has 0 radical (unpaired) electrons. The summed E-state index contributed by atoms with van der Waals surface area (Å²) in [7, 11) is 0. The zero-order valence-corrected chi connectivity index (χ0v) is 40.9. The quantitative estimate of drug-likeness (QED) is 0.0221. The second-order valence-electron chi connectivity index (χ2n) is 18.6. The van der Waals surface area contributed by atoms with Crippen LogP contribution < -0.4 is 5.32 Å². The van der Waals surface area contributed by atoms with Gasteiger partial charge in [-0.2, -0.15) is 0 Å². The fourth-order valence-corrected chi connectivity index (χ4v) is 8.50. The molecule has 14 nitrogen and oxygen atoms in total. The number of ether oxygens (including phenoxy) is 4. The molecule has 0 aromatic carbocycles. The maximum Gasteiger partial charge on any atom is 0.220 e. The van der Waals surface area contributed by atoms with E-state index < -0.39 is 86.8 Å². The van der Waals surface area contributed by atoms with Gasteiger partial charge in [-0.15, -0.1) is 0 Å². The first kappa shape index (κ1) is 60.3.